The molecular weight excluding hydrogens is 811 g/mol. The van der Waals surface area contributed by atoms with Gasteiger partial charge in [-0.05, 0) is 117 Å². The Morgan fingerprint density at radius 1 is 0.209 bits per heavy atom. The summed E-state index contributed by atoms with van der Waals surface area (Å²) in [7, 11) is 0. The minimum atomic E-state index is 1.15. The van der Waals surface area contributed by atoms with Crippen LogP contribution in [0.25, 0.3) is 137 Å². The molecule has 0 bridgehead atoms. The zero-order valence-corrected chi connectivity index (χ0v) is 36.4. The first-order chi connectivity index (χ1) is 33.2. The fourth-order valence-electron chi connectivity index (χ4n) is 11.6. The average molecular weight is 850 g/mol. The highest BCUT2D eigenvalue weighted by Gasteiger charge is 2.20. The fraction of sp³-hybridized carbons (Fsp3) is 0. The number of para-hydroxylation sites is 5. The van der Waals surface area contributed by atoms with E-state index in [1.165, 1.54) is 132 Å². The monoisotopic (exact) mass is 849 g/mol. The summed E-state index contributed by atoms with van der Waals surface area (Å²) >= 11 is 0. The molecule has 15 aromatic rings. The molecule has 0 aliphatic carbocycles. The normalized spacial score (nSPS) is 12.2. The Balaban J connectivity index is 0.823. The van der Waals surface area contributed by atoms with Gasteiger partial charge in [-0.25, -0.2) is 0 Å². The molecular formula is C64H39N3. The highest BCUT2D eigenvalue weighted by atomic mass is 15.0. The van der Waals surface area contributed by atoms with Gasteiger partial charge < -0.3 is 13.5 Å². The third-order valence-corrected chi connectivity index (χ3v) is 14.6. The molecule has 0 fully saturated rings. The fourth-order valence-corrected chi connectivity index (χ4v) is 11.6. The molecule has 0 saturated heterocycles. The van der Waals surface area contributed by atoms with E-state index in [9.17, 15) is 0 Å². The van der Waals surface area contributed by atoms with Crippen LogP contribution in [-0.4, -0.2) is 13.5 Å². The molecule has 0 N–H and O–H groups in total. The zero-order valence-electron chi connectivity index (χ0n) is 36.4. The van der Waals surface area contributed by atoms with E-state index in [0.717, 1.165) is 5.69 Å². The predicted octanol–water partition coefficient (Wildman–Crippen LogP) is 17.2. The van der Waals surface area contributed by atoms with Gasteiger partial charge in [0.05, 0.1) is 38.6 Å². The summed E-state index contributed by atoms with van der Waals surface area (Å²) in [6.45, 7) is 0. The van der Waals surface area contributed by atoms with Crippen LogP contribution in [0.5, 0.6) is 0 Å². The molecule has 0 unspecified atom stereocenters. The predicted molar refractivity (Wildman–Crippen MR) is 284 cm³/mol. The maximum atomic E-state index is 2.46. The molecule has 0 spiro atoms. The zero-order chi connectivity index (χ0) is 43.7. The minimum absolute atomic E-state index is 1.15. The summed E-state index contributed by atoms with van der Waals surface area (Å²) in [5.41, 5.74) is 18.3. The lowest BCUT2D eigenvalue weighted by molar-refractivity contribution is 1.18. The lowest BCUT2D eigenvalue weighted by Gasteiger charge is -2.13. The number of fused-ring (bicyclic) bond motifs is 13. The standard InChI is InChI=1S/C64H39N3/c1-2-13-44(14-3-1)65-58-22-9-7-18-51(58)56-37-42(28-35-61(56)65)46-33-34-47(49-16-5-4-15-48(46)49)43-29-36-62-57(38-43)52-19-8-10-23-59(52)66(62)45-30-25-40(26-31-45)41-27-32-53-55-21-12-20-54-50-17-6-11-24-60(50)67(64(54)55)63(53)39-41/h1-39H. The topological polar surface area (TPSA) is 14.3 Å². The lowest BCUT2D eigenvalue weighted by atomic mass is 9.91. The van der Waals surface area contributed by atoms with E-state index in [0.29, 0.717) is 0 Å². The van der Waals surface area contributed by atoms with Crippen LogP contribution in [0.3, 0.4) is 0 Å². The number of hydrogen-bond acceptors (Lipinski definition) is 0. The van der Waals surface area contributed by atoms with Crippen LogP contribution in [0.15, 0.2) is 237 Å². The Morgan fingerprint density at radius 3 is 1.21 bits per heavy atom. The van der Waals surface area contributed by atoms with Crippen LogP contribution < -0.4 is 0 Å². The second-order valence-electron chi connectivity index (χ2n) is 18.0. The maximum Gasteiger partial charge on any atom is 0.0620 e. The quantitative estimate of drug-likeness (QED) is 0.164. The average Bonchev–Trinajstić information content (AvgIpc) is 4.13. The molecule has 67 heavy (non-hydrogen) atoms. The van der Waals surface area contributed by atoms with Crippen molar-refractivity contribution in [1.29, 1.82) is 0 Å². The van der Waals surface area contributed by atoms with Gasteiger partial charge in [0.15, 0.2) is 0 Å². The highest BCUT2D eigenvalue weighted by Crippen LogP contribution is 2.43. The number of nitrogens with zero attached hydrogens (tertiary/aromatic N) is 3. The van der Waals surface area contributed by atoms with Crippen molar-refractivity contribution in [3.63, 3.8) is 0 Å². The highest BCUT2D eigenvalue weighted by molar-refractivity contribution is 6.23. The Bertz CT molecular complexity index is 4490. The number of rotatable bonds is 5. The molecule has 0 radical (unpaired) electrons. The first kappa shape index (κ1) is 36.4. The first-order valence-corrected chi connectivity index (χ1v) is 23.2. The van der Waals surface area contributed by atoms with Crippen molar-refractivity contribution >= 4 is 92.5 Å². The summed E-state index contributed by atoms with van der Waals surface area (Å²) in [4.78, 5) is 0. The van der Waals surface area contributed by atoms with Gasteiger partial charge in [0.2, 0.25) is 0 Å². The second kappa shape index (κ2) is 13.8. The molecule has 310 valence electrons. The molecule has 0 atom stereocenters. The van der Waals surface area contributed by atoms with Crippen molar-refractivity contribution in [2.45, 2.75) is 0 Å². The molecule has 4 aromatic heterocycles. The molecule has 11 aromatic carbocycles. The molecule has 4 heterocycles. The second-order valence-corrected chi connectivity index (χ2v) is 18.0. The molecule has 0 aliphatic heterocycles. The van der Waals surface area contributed by atoms with Crippen molar-refractivity contribution in [2.24, 2.45) is 0 Å². The summed E-state index contributed by atoms with van der Waals surface area (Å²) in [5, 5.41) is 12.7. The van der Waals surface area contributed by atoms with E-state index >= 15 is 0 Å². The lowest BCUT2D eigenvalue weighted by Crippen LogP contribution is -1.94. The first-order valence-electron chi connectivity index (χ1n) is 23.2. The van der Waals surface area contributed by atoms with Gasteiger partial charge >= 0.3 is 0 Å². The van der Waals surface area contributed by atoms with Gasteiger partial charge in [0.1, 0.15) is 0 Å². The van der Waals surface area contributed by atoms with Crippen LogP contribution in [0, 0.1) is 0 Å². The summed E-state index contributed by atoms with van der Waals surface area (Å²) in [6.07, 6.45) is 0. The number of hydrogen-bond donors (Lipinski definition) is 0. The molecule has 0 amide bonds. The van der Waals surface area contributed by atoms with Crippen LogP contribution in [-0.2, 0) is 0 Å². The van der Waals surface area contributed by atoms with Crippen LogP contribution >= 0.6 is 0 Å². The Labute approximate surface area is 385 Å². The molecule has 15 rings (SSSR count). The summed E-state index contributed by atoms with van der Waals surface area (Å²) in [5.74, 6) is 0. The largest absolute Gasteiger partial charge is 0.309 e. The van der Waals surface area contributed by atoms with Crippen LogP contribution in [0.2, 0.25) is 0 Å². The van der Waals surface area contributed by atoms with Crippen molar-refractivity contribution < 1.29 is 0 Å². The Hall–Kier alpha value is -8.92. The third-order valence-electron chi connectivity index (χ3n) is 14.6. The van der Waals surface area contributed by atoms with Crippen LogP contribution in [0.4, 0.5) is 0 Å². The van der Waals surface area contributed by atoms with E-state index in [1.54, 1.807) is 0 Å². The van der Waals surface area contributed by atoms with Crippen molar-refractivity contribution in [3.8, 4) is 44.8 Å². The van der Waals surface area contributed by atoms with E-state index in [-0.39, 0.29) is 0 Å². The SMILES string of the molecule is c1ccc(-n2c3ccccc3c3cc(-c4ccc(-c5ccc6c(c5)c5ccccc5n6-c5ccc(-c6ccc7c8cccc9c%10ccccc%10n(c7c6)c98)cc5)c5ccccc45)ccc32)cc1. The van der Waals surface area contributed by atoms with Crippen LogP contribution in [0.1, 0.15) is 0 Å². The number of benzene rings is 11. The van der Waals surface area contributed by atoms with Crippen molar-refractivity contribution in [1.82, 2.24) is 13.5 Å². The molecule has 0 saturated carbocycles. The van der Waals surface area contributed by atoms with Gasteiger partial charge in [-0.15, -0.1) is 0 Å². The van der Waals surface area contributed by atoms with E-state index in [1.807, 2.05) is 0 Å². The minimum Gasteiger partial charge on any atom is -0.309 e. The van der Waals surface area contributed by atoms with Gasteiger partial charge in [-0.3, -0.25) is 0 Å². The van der Waals surface area contributed by atoms with Gasteiger partial charge in [-0.2, -0.15) is 0 Å². The van der Waals surface area contributed by atoms with Crippen molar-refractivity contribution in [2.75, 3.05) is 0 Å². The van der Waals surface area contributed by atoms with E-state index in [2.05, 4.69) is 250 Å². The Kier molecular flexibility index (Phi) is 7.50. The summed E-state index contributed by atoms with van der Waals surface area (Å²) in [6, 6.07) is 87.4. The molecule has 0 aliphatic rings. The van der Waals surface area contributed by atoms with E-state index < -0.39 is 0 Å². The molecule has 3 heteroatoms. The van der Waals surface area contributed by atoms with Gasteiger partial charge in [-0.1, -0.05) is 164 Å². The maximum absolute atomic E-state index is 2.46. The Morgan fingerprint density at radius 2 is 0.627 bits per heavy atom. The summed E-state index contributed by atoms with van der Waals surface area (Å²) < 4.78 is 7.27. The van der Waals surface area contributed by atoms with E-state index in [4.69, 9.17) is 0 Å². The smallest absolute Gasteiger partial charge is 0.0620 e. The van der Waals surface area contributed by atoms with Gasteiger partial charge in [0, 0.05) is 54.5 Å². The molecule has 3 nitrogen and oxygen atoms in total. The third kappa shape index (κ3) is 5.17. The number of aromatic nitrogens is 3. The van der Waals surface area contributed by atoms with Crippen molar-refractivity contribution in [3.05, 3.63) is 237 Å². The van der Waals surface area contributed by atoms with Gasteiger partial charge in [0.25, 0.3) is 0 Å².